The molecule has 2 N–H and O–H groups in total. The minimum absolute atomic E-state index is 0.0132. The Morgan fingerprint density at radius 3 is 2.57 bits per heavy atom. The maximum absolute atomic E-state index is 11.5. The summed E-state index contributed by atoms with van der Waals surface area (Å²) in [5.41, 5.74) is 2.89. The van der Waals surface area contributed by atoms with Gasteiger partial charge in [-0.1, -0.05) is 36.4 Å². The fourth-order valence-electron chi connectivity index (χ4n) is 5.88. The second-order valence-electron chi connectivity index (χ2n) is 9.66. The minimum Gasteiger partial charge on any atom is -0.494 e. The first-order chi connectivity index (χ1) is 16.9. The van der Waals surface area contributed by atoms with Crippen LogP contribution in [0.25, 0.3) is 22.5 Å². The van der Waals surface area contributed by atoms with Crippen LogP contribution < -0.4 is 0 Å². The van der Waals surface area contributed by atoms with Gasteiger partial charge in [-0.15, -0.1) is 0 Å². The van der Waals surface area contributed by atoms with Gasteiger partial charge in [0, 0.05) is 16.5 Å². The van der Waals surface area contributed by atoms with Gasteiger partial charge in [-0.2, -0.15) is 5.26 Å². The number of pyridine rings is 1. The number of aromatic hydroxyl groups is 2. The molecule has 4 heterocycles. The monoisotopic (exact) mass is 463 g/mol. The molecule has 2 bridgehead atoms. The molecule has 6 rings (SSSR count). The van der Waals surface area contributed by atoms with E-state index >= 15 is 0 Å². The molecule has 0 amide bonds. The molecule has 2 atom stereocenters. The van der Waals surface area contributed by atoms with Gasteiger partial charge >= 0.3 is 0 Å². The number of rotatable bonds is 4. The average Bonchev–Trinajstić information content (AvgIpc) is 3.43. The van der Waals surface area contributed by atoms with Crippen molar-refractivity contribution >= 4 is 16.8 Å². The lowest BCUT2D eigenvalue weighted by Gasteiger charge is -2.25. The van der Waals surface area contributed by atoms with E-state index in [1.165, 1.54) is 4.57 Å². The highest BCUT2D eigenvalue weighted by Crippen LogP contribution is 2.65. The Morgan fingerprint density at radius 1 is 1.03 bits per heavy atom. The molecule has 0 unspecified atom stereocenters. The molecule has 0 spiro atoms. The molecular formula is C29H25N3O3. The van der Waals surface area contributed by atoms with Crippen molar-refractivity contribution in [3.8, 4) is 23.5 Å². The van der Waals surface area contributed by atoms with Crippen molar-refractivity contribution in [3.05, 3.63) is 88.8 Å². The highest BCUT2D eigenvalue weighted by molar-refractivity contribution is 5.95. The summed E-state index contributed by atoms with van der Waals surface area (Å²) in [5, 5.41) is 34.1. The Hall–Kier alpha value is -4.08. The van der Waals surface area contributed by atoms with Crippen molar-refractivity contribution < 1.29 is 14.9 Å². The van der Waals surface area contributed by atoms with Gasteiger partial charge in [0.1, 0.15) is 5.60 Å². The molecule has 2 aromatic carbocycles. The standard InChI is InChI=1S/C29H25N3O3/c1-18-7-5-8-20(31-18)9-6-14-29-16-15-28(2,35-29)24-25(29)27(34)32(26(24)33)23-13-12-19(17-30)21-10-3-4-11-22(21)23/h3-13,33-34H,14-16H2,1-2H3/t28-,29+/m0/s1. The number of ether oxygens (including phenoxy) is 1. The predicted molar refractivity (Wildman–Crippen MR) is 133 cm³/mol. The van der Waals surface area contributed by atoms with Crippen molar-refractivity contribution in [1.29, 1.82) is 5.26 Å². The number of benzene rings is 2. The fraction of sp³-hybridized carbons (Fsp3) is 0.241. The summed E-state index contributed by atoms with van der Waals surface area (Å²) in [6.07, 6.45) is 6.06. The number of aromatic nitrogens is 2. The molecular weight excluding hydrogens is 438 g/mol. The molecule has 1 fully saturated rings. The SMILES string of the molecule is Cc1cccc(C=CC[C@]23CC[C@](C)(O2)c2c3c(O)n(-c3ccc(C#N)c4ccccc34)c2O)n1. The van der Waals surface area contributed by atoms with E-state index in [1.807, 2.05) is 68.5 Å². The fourth-order valence-corrected chi connectivity index (χ4v) is 5.88. The van der Waals surface area contributed by atoms with Gasteiger partial charge in [0.25, 0.3) is 0 Å². The van der Waals surface area contributed by atoms with Crippen molar-refractivity contribution in [1.82, 2.24) is 9.55 Å². The van der Waals surface area contributed by atoms with E-state index in [0.29, 0.717) is 28.8 Å². The number of nitriles is 1. The minimum atomic E-state index is -0.723. The summed E-state index contributed by atoms with van der Waals surface area (Å²) >= 11 is 0. The maximum Gasteiger partial charge on any atom is 0.205 e. The molecule has 35 heavy (non-hydrogen) atoms. The van der Waals surface area contributed by atoms with Gasteiger partial charge in [0.2, 0.25) is 11.8 Å². The zero-order chi connectivity index (χ0) is 24.4. The molecule has 174 valence electrons. The molecule has 0 radical (unpaired) electrons. The Kier molecular flexibility index (Phi) is 4.57. The second-order valence-corrected chi connectivity index (χ2v) is 9.66. The van der Waals surface area contributed by atoms with Gasteiger partial charge in [0.05, 0.1) is 39.7 Å². The molecule has 1 saturated heterocycles. The van der Waals surface area contributed by atoms with Crippen LogP contribution in [0.5, 0.6) is 11.8 Å². The molecule has 0 aliphatic carbocycles. The topological polar surface area (TPSA) is 91.3 Å². The van der Waals surface area contributed by atoms with Crippen molar-refractivity contribution in [3.63, 3.8) is 0 Å². The third kappa shape index (κ3) is 3.02. The summed E-state index contributed by atoms with van der Waals surface area (Å²) in [6.45, 7) is 3.94. The van der Waals surface area contributed by atoms with Crippen LogP contribution in [-0.2, 0) is 15.9 Å². The van der Waals surface area contributed by atoms with Gasteiger partial charge in [-0.3, -0.25) is 9.55 Å². The van der Waals surface area contributed by atoms with Gasteiger partial charge < -0.3 is 14.9 Å². The number of nitrogens with zero attached hydrogens (tertiary/aromatic N) is 3. The largest absolute Gasteiger partial charge is 0.494 e. The summed E-state index contributed by atoms with van der Waals surface area (Å²) in [4.78, 5) is 4.53. The highest BCUT2D eigenvalue weighted by atomic mass is 16.5. The summed E-state index contributed by atoms with van der Waals surface area (Å²) < 4.78 is 8.05. The van der Waals surface area contributed by atoms with Crippen LogP contribution in [0.4, 0.5) is 0 Å². The second kappa shape index (κ2) is 7.46. The quantitative estimate of drug-likeness (QED) is 0.390. The van der Waals surface area contributed by atoms with Gasteiger partial charge in [0.15, 0.2) is 0 Å². The lowest BCUT2D eigenvalue weighted by atomic mass is 9.77. The highest BCUT2D eigenvalue weighted by Gasteiger charge is 2.61. The van der Waals surface area contributed by atoms with Crippen LogP contribution in [0.3, 0.4) is 0 Å². The van der Waals surface area contributed by atoms with Crippen molar-refractivity contribution in [2.45, 2.75) is 44.3 Å². The van der Waals surface area contributed by atoms with Crippen LogP contribution >= 0.6 is 0 Å². The lowest BCUT2D eigenvalue weighted by molar-refractivity contribution is -0.0772. The van der Waals surface area contributed by atoms with Crippen LogP contribution in [0.1, 0.15) is 54.3 Å². The van der Waals surface area contributed by atoms with E-state index < -0.39 is 11.2 Å². The van der Waals surface area contributed by atoms with E-state index in [4.69, 9.17) is 4.74 Å². The Balaban J connectivity index is 1.48. The number of fused-ring (bicyclic) bond motifs is 6. The van der Waals surface area contributed by atoms with Crippen molar-refractivity contribution in [2.24, 2.45) is 0 Å². The maximum atomic E-state index is 11.5. The molecule has 0 saturated carbocycles. The van der Waals surface area contributed by atoms with Gasteiger partial charge in [-0.05, 0) is 63.5 Å². The van der Waals surface area contributed by atoms with E-state index in [2.05, 4.69) is 11.1 Å². The lowest BCUT2D eigenvalue weighted by Crippen LogP contribution is -2.21. The van der Waals surface area contributed by atoms with Gasteiger partial charge in [-0.25, -0.2) is 0 Å². The van der Waals surface area contributed by atoms with Crippen LogP contribution in [0.15, 0.2) is 60.7 Å². The summed E-state index contributed by atoms with van der Waals surface area (Å²) in [5.74, 6) is -0.0290. The van der Waals surface area contributed by atoms with E-state index in [-0.39, 0.29) is 11.8 Å². The van der Waals surface area contributed by atoms with Crippen molar-refractivity contribution in [2.75, 3.05) is 0 Å². The van der Waals surface area contributed by atoms with E-state index in [0.717, 1.165) is 35.0 Å². The first kappa shape index (κ1) is 21.5. The van der Waals surface area contributed by atoms with Crippen LogP contribution in [0, 0.1) is 18.3 Å². The molecule has 2 aromatic heterocycles. The first-order valence-corrected chi connectivity index (χ1v) is 11.8. The Morgan fingerprint density at radius 2 is 1.80 bits per heavy atom. The predicted octanol–water partition coefficient (Wildman–Crippen LogP) is 5.95. The Bertz CT molecular complexity index is 1580. The molecule has 6 heteroatoms. The number of hydrogen-bond donors (Lipinski definition) is 2. The third-order valence-corrected chi connectivity index (χ3v) is 7.44. The number of aryl methyl sites for hydroxylation is 1. The molecule has 2 aliphatic rings. The Labute approximate surface area is 203 Å². The summed E-state index contributed by atoms with van der Waals surface area (Å²) in [6, 6.07) is 19.2. The molecule has 6 nitrogen and oxygen atoms in total. The zero-order valence-electron chi connectivity index (χ0n) is 19.6. The summed E-state index contributed by atoms with van der Waals surface area (Å²) in [7, 11) is 0. The van der Waals surface area contributed by atoms with E-state index in [1.54, 1.807) is 12.1 Å². The smallest absolute Gasteiger partial charge is 0.205 e. The molecule has 4 aromatic rings. The zero-order valence-corrected chi connectivity index (χ0v) is 19.6. The molecule has 2 aliphatic heterocycles. The van der Waals surface area contributed by atoms with Crippen LogP contribution in [-0.4, -0.2) is 19.8 Å². The van der Waals surface area contributed by atoms with Crippen LogP contribution in [0.2, 0.25) is 0 Å². The number of hydrogen-bond acceptors (Lipinski definition) is 5. The first-order valence-electron chi connectivity index (χ1n) is 11.8. The van der Waals surface area contributed by atoms with E-state index in [9.17, 15) is 15.5 Å². The third-order valence-electron chi connectivity index (χ3n) is 7.44. The normalized spacial score (nSPS) is 22.7. The average molecular weight is 464 g/mol.